The van der Waals surface area contributed by atoms with E-state index < -0.39 is 27.8 Å². The van der Waals surface area contributed by atoms with Crippen molar-refractivity contribution in [1.82, 2.24) is 9.88 Å². The number of aromatic nitrogens is 1. The summed E-state index contributed by atoms with van der Waals surface area (Å²) in [5.41, 5.74) is 0.934. The molecule has 1 aliphatic heterocycles. The van der Waals surface area contributed by atoms with Crippen molar-refractivity contribution in [3.63, 3.8) is 0 Å². The number of pyridine rings is 1. The molecule has 0 atom stereocenters. The zero-order chi connectivity index (χ0) is 29.0. The average Bonchev–Trinajstić information content (AvgIpc) is 3.22. The number of carbonyl (C=O) groups excluding carboxylic acids is 3. The van der Waals surface area contributed by atoms with Crippen LogP contribution < -0.4 is 4.72 Å². The molecule has 2 N–H and O–H groups in total. The van der Waals surface area contributed by atoms with Gasteiger partial charge in [-0.1, -0.05) is 18.2 Å². The molecule has 13 heteroatoms. The summed E-state index contributed by atoms with van der Waals surface area (Å²) in [6.07, 6.45) is 1.47. The lowest BCUT2D eigenvalue weighted by molar-refractivity contribution is 0.0418. The van der Waals surface area contributed by atoms with Gasteiger partial charge in [-0.25, -0.2) is 18.2 Å². The first-order chi connectivity index (χ1) is 19.7. The molecule has 2 heterocycles. The first kappa shape index (κ1) is 27.1. The maximum atomic E-state index is 12.6. The monoisotopic (exact) mass is 571 g/mol. The molecule has 0 radical (unpaired) electrons. The highest BCUT2D eigenvalue weighted by molar-refractivity contribution is 7.92. The summed E-state index contributed by atoms with van der Waals surface area (Å²) in [5.74, 6) is -2.00. The van der Waals surface area contributed by atoms with Gasteiger partial charge in [0.05, 0.1) is 33.9 Å². The minimum absolute atomic E-state index is 0.00187. The Hall–Kier alpha value is -5.43. The number of anilines is 1. The van der Waals surface area contributed by atoms with Gasteiger partial charge in [0.1, 0.15) is 23.7 Å². The van der Waals surface area contributed by atoms with E-state index in [1.54, 1.807) is 36.4 Å². The first-order valence-electron chi connectivity index (χ1n) is 12.1. The van der Waals surface area contributed by atoms with E-state index in [4.69, 9.17) is 4.74 Å². The average molecular weight is 572 g/mol. The summed E-state index contributed by atoms with van der Waals surface area (Å²) < 4.78 is 32.7. The van der Waals surface area contributed by atoms with Gasteiger partial charge in [-0.05, 0) is 66.7 Å². The van der Waals surface area contributed by atoms with E-state index >= 15 is 0 Å². The van der Waals surface area contributed by atoms with Crippen LogP contribution in [0.4, 0.5) is 17.2 Å². The van der Waals surface area contributed by atoms with Gasteiger partial charge in [-0.2, -0.15) is 10.2 Å². The van der Waals surface area contributed by atoms with Crippen LogP contribution in [0.25, 0.3) is 0 Å². The second-order valence-electron chi connectivity index (χ2n) is 8.66. The maximum Gasteiger partial charge on any atom is 0.342 e. The van der Waals surface area contributed by atoms with Crippen LogP contribution in [0.2, 0.25) is 0 Å². The fourth-order valence-corrected chi connectivity index (χ4v) is 4.93. The Morgan fingerprint density at radius 3 is 2.17 bits per heavy atom. The highest BCUT2D eigenvalue weighted by Gasteiger charge is 2.35. The number of phenols is 1. The highest BCUT2D eigenvalue weighted by Crippen LogP contribution is 2.27. The Morgan fingerprint density at radius 2 is 1.51 bits per heavy atom. The molecule has 0 spiro atoms. The normalized spacial score (nSPS) is 12.9. The van der Waals surface area contributed by atoms with E-state index in [2.05, 4.69) is 19.9 Å². The lowest BCUT2D eigenvalue weighted by atomic mass is 10.1. The van der Waals surface area contributed by atoms with Gasteiger partial charge in [-0.3, -0.25) is 19.2 Å². The molecule has 12 nitrogen and oxygen atoms in total. The third kappa shape index (κ3) is 5.94. The van der Waals surface area contributed by atoms with Crippen LogP contribution in [-0.4, -0.2) is 54.3 Å². The number of aromatic hydroxyl groups is 1. The van der Waals surface area contributed by atoms with Crippen molar-refractivity contribution < 1.29 is 32.6 Å². The molecule has 41 heavy (non-hydrogen) atoms. The third-order valence-corrected chi connectivity index (χ3v) is 7.33. The number of hydrogen-bond acceptors (Lipinski definition) is 10. The Kier molecular flexibility index (Phi) is 7.52. The zero-order valence-electron chi connectivity index (χ0n) is 21.2. The molecule has 0 saturated heterocycles. The number of phenolic OH excluding ortho intramolecular Hbond substituents is 1. The molecule has 5 rings (SSSR count). The van der Waals surface area contributed by atoms with Gasteiger partial charge in [-0.15, -0.1) is 0 Å². The number of nitrogens with zero attached hydrogens (tertiary/aromatic N) is 4. The second kappa shape index (κ2) is 11.4. The van der Waals surface area contributed by atoms with E-state index in [1.165, 1.54) is 54.7 Å². The summed E-state index contributed by atoms with van der Waals surface area (Å²) in [4.78, 5) is 42.4. The molecule has 206 valence electrons. The maximum absolute atomic E-state index is 12.6. The van der Waals surface area contributed by atoms with Crippen molar-refractivity contribution >= 4 is 45.0 Å². The number of carbonyl (C=O) groups is 3. The number of azo groups is 1. The lowest BCUT2D eigenvalue weighted by Crippen LogP contribution is -2.33. The molecule has 0 unspecified atom stereocenters. The van der Waals surface area contributed by atoms with Crippen molar-refractivity contribution in [3.8, 4) is 5.75 Å². The summed E-state index contributed by atoms with van der Waals surface area (Å²) in [6.45, 7) is -0.429. The number of rotatable bonds is 9. The minimum Gasteiger partial charge on any atom is -0.507 e. The van der Waals surface area contributed by atoms with Gasteiger partial charge in [0.25, 0.3) is 21.8 Å². The van der Waals surface area contributed by atoms with Crippen LogP contribution in [0.15, 0.2) is 106 Å². The summed E-state index contributed by atoms with van der Waals surface area (Å²) in [5, 5.41) is 18.2. The van der Waals surface area contributed by atoms with Crippen LogP contribution in [0.1, 0.15) is 31.1 Å². The van der Waals surface area contributed by atoms with Gasteiger partial charge in [0, 0.05) is 6.20 Å². The third-order valence-electron chi connectivity index (χ3n) is 5.96. The van der Waals surface area contributed by atoms with Crippen molar-refractivity contribution in [3.05, 3.63) is 108 Å². The molecule has 0 saturated carbocycles. The number of imide groups is 1. The smallest absolute Gasteiger partial charge is 0.342 e. The van der Waals surface area contributed by atoms with Crippen molar-refractivity contribution in [2.75, 3.05) is 17.9 Å². The number of sulfonamides is 1. The molecular weight excluding hydrogens is 550 g/mol. The van der Waals surface area contributed by atoms with Crippen LogP contribution in [0, 0.1) is 0 Å². The van der Waals surface area contributed by atoms with Crippen LogP contribution in [0.3, 0.4) is 0 Å². The molecular formula is C28H21N5O7S. The largest absolute Gasteiger partial charge is 0.507 e. The highest BCUT2D eigenvalue weighted by atomic mass is 32.2. The number of benzene rings is 3. The molecule has 0 aliphatic carbocycles. The molecule has 0 fully saturated rings. The van der Waals surface area contributed by atoms with Gasteiger partial charge in [0.15, 0.2) is 0 Å². The minimum atomic E-state index is -3.85. The SMILES string of the molecule is O=C(OCCN1C(=O)c2ccccc2C1=O)c1cc(/N=N/c2ccc(S(=O)(=O)Nc3ccccn3)cc2)ccc1O. The fourth-order valence-electron chi connectivity index (χ4n) is 3.93. The Labute approximate surface area is 234 Å². The van der Waals surface area contributed by atoms with Crippen molar-refractivity contribution in [1.29, 1.82) is 0 Å². The lowest BCUT2D eigenvalue weighted by Gasteiger charge is -2.14. The Morgan fingerprint density at radius 1 is 0.878 bits per heavy atom. The number of amides is 2. The molecule has 1 aliphatic rings. The van der Waals surface area contributed by atoms with Gasteiger partial charge < -0.3 is 9.84 Å². The topological polar surface area (TPSA) is 168 Å². The van der Waals surface area contributed by atoms with E-state index in [-0.39, 0.29) is 52.0 Å². The standard InChI is InChI=1S/C28H21N5O7S/c34-24-13-10-19(31-30-18-8-11-20(12-9-18)41(38,39)32-25-7-3-4-14-29-25)17-23(24)28(37)40-16-15-33-26(35)21-5-1-2-6-22(21)27(33)36/h1-14,17,34H,15-16H2,(H,29,32)/b31-30+. The van der Waals surface area contributed by atoms with Gasteiger partial charge in [0.2, 0.25) is 0 Å². The number of ether oxygens (including phenoxy) is 1. The van der Waals surface area contributed by atoms with Crippen molar-refractivity contribution in [2.45, 2.75) is 4.90 Å². The number of nitrogens with one attached hydrogen (secondary N) is 1. The summed E-state index contributed by atoms with van der Waals surface area (Å²) in [6, 6.07) is 20.8. The van der Waals surface area contributed by atoms with Crippen LogP contribution in [-0.2, 0) is 14.8 Å². The quantitative estimate of drug-likeness (QED) is 0.169. The van der Waals surface area contributed by atoms with Crippen molar-refractivity contribution in [2.24, 2.45) is 10.2 Å². The van der Waals surface area contributed by atoms with E-state index in [0.29, 0.717) is 5.69 Å². The van der Waals surface area contributed by atoms with Crippen LogP contribution in [0.5, 0.6) is 5.75 Å². The first-order valence-corrected chi connectivity index (χ1v) is 13.6. The molecule has 2 amide bonds. The number of fused-ring (bicyclic) bond motifs is 1. The summed E-state index contributed by atoms with van der Waals surface area (Å²) >= 11 is 0. The number of hydrogen-bond donors (Lipinski definition) is 2. The zero-order valence-corrected chi connectivity index (χ0v) is 22.0. The Bertz CT molecular complexity index is 1740. The molecule has 3 aromatic carbocycles. The molecule has 4 aromatic rings. The van der Waals surface area contributed by atoms with E-state index in [1.807, 2.05) is 0 Å². The number of esters is 1. The van der Waals surface area contributed by atoms with Crippen LogP contribution >= 0.6 is 0 Å². The summed E-state index contributed by atoms with van der Waals surface area (Å²) in [7, 11) is -3.85. The van der Waals surface area contributed by atoms with Gasteiger partial charge >= 0.3 is 5.97 Å². The predicted molar refractivity (Wildman–Crippen MR) is 146 cm³/mol. The molecule has 0 bridgehead atoms. The Balaban J connectivity index is 1.20. The van der Waals surface area contributed by atoms with E-state index in [0.717, 1.165) is 4.90 Å². The fraction of sp³-hybridized carbons (Fsp3) is 0.0714. The van der Waals surface area contributed by atoms with E-state index in [9.17, 15) is 27.9 Å². The molecule has 1 aromatic heterocycles. The predicted octanol–water partition coefficient (Wildman–Crippen LogP) is 4.46. The second-order valence-corrected chi connectivity index (χ2v) is 10.3.